The number of nitro groups is 1. The number of pyridine rings is 1. The second kappa shape index (κ2) is 4.65. The summed E-state index contributed by atoms with van der Waals surface area (Å²) in [5.74, 6) is -1.18. The van der Waals surface area contributed by atoms with E-state index >= 15 is 0 Å². The number of nitrogens with zero attached hydrogens (tertiary/aromatic N) is 2. The number of hydrogen-bond acceptors (Lipinski definition) is 4. The fourth-order valence-corrected chi connectivity index (χ4v) is 1.41. The third kappa shape index (κ3) is 2.84. The van der Waals surface area contributed by atoms with Crippen molar-refractivity contribution in [1.82, 2.24) is 4.98 Å². The Hall–Kier alpha value is -1.76. The Bertz CT molecular complexity index is 444. The van der Waals surface area contributed by atoms with Crippen molar-refractivity contribution in [3.63, 3.8) is 0 Å². The van der Waals surface area contributed by atoms with E-state index in [0.29, 0.717) is 0 Å². The molecule has 1 heterocycles. The van der Waals surface area contributed by atoms with E-state index in [-0.39, 0.29) is 15.7 Å². The molecule has 0 bridgehead atoms. The summed E-state index contributed by atoms with van der Waals surface area (Å²) in [7, 11) is 0. The first-order valence-electron chi connectivity index (χ1n) is 3.71. The predicted octanol–water partition coefficient (Wildman–Crippen LogP) is 1.85. The van der Waals surface area contributed by atoms with Gasteiger partial charge in [-0.05, 0) is 22.0 Å². The summed E-state index contributed by atoms with van der Waals surface area (Å²) in [6.45, 7) is 0. The number of halogens is 1. The molecule has 1 rings (SSSR count). The SMILES string of the molecule is O=C(O)/C=C/c1cncc(Br)c1[N+](=O)[O-]. The highest BCUT2D eigenvalue weighted by Gasteiger charge is 2.16. The summed E-state index contributed by atoms with van der Waals surface area (Å²) in [4.78, 5) is 24.0. The number of hydrogen-bond donors (Lipinski definition) is 1. The van der Waals surface area contributed by atoms with E-state index in [1.807, 2.05) is 0 Å². The Kier molecular flexibility index (Phi) is 3.51. The lowest BCUT2D eigenvalue weighted by atomic mass is 10.2. The van der Waals surface area contributed by atoms with Crippen LogP contribution in [-0.2, 0) is 4.79 Å². The van der Waals surface area contributed by atoms with Gasteiger partial charge in [0.05, 0.1) is 10.5 Å². The van der Waals surface area contributed by atoms with Crippen molar-refractivity contribution in [3.8, 4) is 0 Å². The lowest BCUT2D eigenvalue weighted by Crippen LogP contribution is -1.95. The fraction of sp³-hybridized carbons (Fsp3) is 0. The molecule has 0 amide bonds. The second-order valence-corrected chi connectivity index (χ2v) is 3.34. The number of carboxylic acids is 1. The summed E-state index contributed by atoms with van der Waals surface area (Å²) < 4.78 is 0.208. The molecule has 7 heteroatoms. The molecule has 1 aromatic rings. The van der Waals surface area contributed by atoms with Crippen LogP contribution in [0.25, 0.3) is 6.08 Å². The zero-order valence-electron chi connectivity index (χ0n) is 7.25. The van der Waals surface area contributed by atoms with Crippen molar-refractivity contribution in [2.24, 2.45) is 0 Å². The van der Waals surface area contributed by atoms with Crippen LogP contribution in [0.2, 0.25) is 0 Å². The van der Waals surface area contributed by atoms with Crippen LogP contribution < -0.4 is 0 Å². The van der Waals surface area contributed by atoms with Gasteiger partial charge in [-0.2, -0.15) is 0 Å². The molecule has 1 aromatic heterocycles. The smallest absolute Gasteiger partial charge is 0.328 e. The normalized spacial score (nSPS) is 10.5. The van der Waals surface area contributed by atoms with Crippen molar-refractivity contribution >= 4 is 33.7 Å². The van der Waals surface area contributed by atoms with E-state index in [4.69, 9.17) is 5.11 Å². The van der Waals surface area contributed by atoms with Gasteiger partial charge in [-0.15, -0.1) is 0 Å². The van der Waals surface area contributed by atoms with E-state index in [1.54, 1.807) is 0 Å². The van der Waals surface area contributed by atoms with Crippen LogP contribution in [0.4, 0.5) is 5.69 Å². The van der Waals surface area contributed by atoms with Crippen LogP contribution in [0.3, 0.4) is 0 Å². The van der Waals surface area contributed by atoms with Crippen molar-refractivity contribution in [2.45, 2.75) is 0 Å². The maximum atomic E-state index is 10.7. The average Bonchev–Trinajstić information content (AvgIpc) is 2.13. The molecule has 0 fully saturated rings. The van der Waals surface area contributed by atoms with Crippen LogP contribution in [0.5, 0.6) is 0 Å². The van der Waals surface area contributed by atoms with E-state index in [1.165, 1.54) is 12.4 Å². The minimum atomic E-state index is -1.18. The van der Waals surface area contributed by atoms with Crippen LogP contribution >= 0.6 is 15.9 Å². The van der Waals surface area contributed by atoms with Crippen molar-refractivity contribution in [3.05, 3.63) is 38.6 Å². The van der Waals surface area contributed by atoms with Gasteiger partial charge in [-0.3, -0.25) is 15.1 Å². The zero-order chi connectivity index (χ0) is 11.4. The minimum absolute atomic E-state index is 0.136. The third-order valence-corrected chi connectivity index (χ3v) is 2.07. The molecule has 6 nitrogen and oxygen atoms in total. The first-order valence-corrected chi connectivity index (χ1v) is 4.50. The summed E-state index contributed by atoms with van der Waals surface area (Å²) in [5, 5.41) is 19.0. The van der Waals surface area contributed by atoms with Gasteiger partial charge in [-0.1, -0.05) is 0 Å². The molecule has 0 spiro atoms. The van der Waals surface area contributed by atoms with Gasteiger partial charge in [-0.25, -0.2) is 4.79 Å². The Labute approximate surface area is 92.5 Å². The molecule has 78 valence electrons. The molecule has 15 heavy (non-hydrogen) atoms. The fourth-order valence-electron chi connectivity index (χ4n) is 0.919. The zero-order valence-corrected chi connectivity index (χ0v) is 8.84. The standard InChI is InChI=1S/C8H5BrN2O4/c9-6-4-10-3-5(1-2-7(12)13)8(6)11(14)15/h1-4H,(H,12,13)/b2-1+. The van der Waals surface area contributed by atoms with Gasteiger partial charge >= 0.3 is 5.97 Å². The summed E-state index contributed by atoms with van der Waals surface area (Å²) in [6, 6.07) is 0. The molecule has 0 atom stereocenters. The second-order valence-electron chi connectivity index (χ2n) is 2.49. The summed E-state index contributed by atoms with van der Waals surface area (Å²) >= 11 is 2.97. The average molecular weight is 273 g/mol. The van der Waals surface area contributed by atoms with Crippen LogP contribution in [0.15, 0.2) is 22.9 Å². The molecule has 0 aromatic carbocycles. The third-order valence-electron chi connectivity index (χ3n) is 1.49. The molecule has 0 aliphatic carbocycles. The molecular formula is C8H5BrN2O4. The topological polar surface area (TPSA) is 93.3 Å². The molecule has 1 N–H and O–H groups in total. The Balaban J connectivity index is 3.23. The molecule has 0 saturated heterocycles. The van der Waals surface area contributed by atoms with Crippen LogP contribution in [0, 0.1) is 10.1 Å². The van der Waals surface area contributed by atoms with Crippen LogP contribution in [-0.4, -0.2) is 21.0 Å². The first kappa shape index (κ1) is 11.3. The molecule has 0 unspecified atom stereocenters. The highest BCUT2D eigenvalue weighted by molar-refractivity contribution is 9.10. The van der Waals surface area contributed by atoms with Crippen molar-refractivity contribution < 1.29 is 14.8 Å². The van der Waals surface area contributed by atoms with Crippen molar-refractivity contribution in [2.75, 3.05) is 0 Å². The van der Waals surface area contributed by atoms with Crippen LogP contribution in [0.1, 0.15) is 5.56 Å². The molecular weight excluding hydrogens is 268 g/mol. The van der Waals surface area contributed by atoms with E-state index in [0.717, 1.165) is 12.2 Å². The van der Waals surface area contributed by atoms with Gasteiger partial charge in [0.15, 0.2) is 0 Å². The number of aromatic nitrogens is 1. The first-order chi connectivity index (χ1) is 7.02. The quantitative estimate of drug-likeness (QED) is 0.515. The van der Waals surface area contributed by atoms with E-state index in [2.05, 4.69) is 20.9 Å². The number of carbonyl (C=O) groups is 1. The summed E-state index contributed by atoms with van der Waals surface area (Å²) in [6.07, 6.45) is 4.44. The van der Waals surface area contributed by atoms with Gasteiger partial charge < -0.3 is 5.11 Å². The number of rotatable bonds is 3. The minimum Gasteiger partial charge on any atom is -0.478 e. The van der Waals surface area contributed by atoms with Gasteiger partial charge in [0, 0.05) is 18.5 Å². The molecule has 0 aliphatic rings. The largest absolute Gasteiger partial charge is 0.478 e. The maximum absolute atomic E-state index is 10.7. The monoisotopic (exact) mass is 272 g/mol. The van der Waals surface area contributed by atoms with Gasteiger partial charge in [0.2, 0.25) is 0 Å². The summed E-state index contributed by atoms with van der Waals surface area (Å²) in [5.41, 5.74) is -0.0701. The van der Waals surface area contributed by atoms with Gasteiger partial charge in [0.25, 0.3) is 5.69 Å². The molecule has 0 saturated carbocycles. The Morgan fingerprint density at radius 2 is 2.27 bits per heavy atom. The Morgan fingerprint density at radius 1 is 1.60 bits per heavy atom. The lowest BCUT2D eigenvalue weighted by Gasteiger charge is -1.98. The predicted molar refractivity (Wildman–Crippen MR) is 55.3 cm³/mol. The maximum Gasteiger partial charge on any atom is 0.328 e. The molecule has 0 aliphatic heterocycles. The molecule has 0 radical (unpaired) electrons. The lowest BCUT2D eigenvalue weighted by molar-refractivity contribution is -0.385. The highest BCUT2D eigenvalue weighted by Crippen LogP contribution is 2.28. The number of aliphatic carboxylic acids is 1. The highest BCUT2D eigenvalue weighted by atomic mass is 79.9. The van der Waals surface area contributed by atoms with Crippen molar-refractivity contribution in [1.29, 1.82) is 0 Å². The van der Waals surface area contributed by atoms with Gasteiger partial charge in [0.1, 0.15) is 4.47 Å². The Morgan fingerprint density at radius 3 is 2.80 bits per heavy atom. The van der Waals surface area contributed by atoms with E-state index < -0.39 is 10.9 Å². The van der Waals surface area contributed by atoms with E-state index in [9.17, 15) is 14.9 Å². The number of carboxylic acid groups (broad SMARTS) is 1.